The van der Waals surface area contributed by atoms with Crippen LogP contribution in [0.15, 0.2) is 12.1 Å². The third-order valence-corrected chi connectivity index (χ3v) is 4.12. The highest BCUT2D eigenvalue weighted by atomic mass is 16.3. The van der Waals surface area contributed by atoms with Crippen molar-refractivity contribution >= 4 is 0 Å². The number of aryl methyl sites for hydroxylation is 1. The molecule has 1 aromatic rings. The van der Waals surface area contributed by atoms with Crippen LogP contribution >= 0.6 is 0 Å². The van der Waals surface area contributed by atoms with Crippen molar-refractivity contribution in [3.63, 3.8) is 0 Å². The highest BCUT2D eigenvalue weighted by Crippen LogP contribution is 2.21. The van der Waals surface area contributed by atoms with Crippen LogP contribution in [0, 0.1) is 6.92 Å². The van der Waals surface area contributed by atoms with Crippen molar-refractivity contribution in [2.75, 3.05) is 26.7 Å². The lowest BCUT2D eigenvalue weighted by Gasteiger charge is -2.36. The van der Waals surface area contributed by atoms with Crippen LogP contribution in [-0.2, 0) is 6.54 Å². The third-order valence-electron chi connectivity index (χ3n) is 4.12. The van der Waals surface area contributed by atoms with Crippen molar-refractivity contribution in [3.8, 4) is 5.75 Å². The van der Waals surface area contributed by atoms with E-state index in [0.717, 1.165) is 24.5 Å². The molecule has 1 aliphatic heterocycles. The van der Waals surface area contributed by atoms with E-state index in [-0.39, 0.29) is 0 Å². The summed E-state index contributed by atoms with van der Waals surface area (Å²) in [7, 11) is 2.13. The fourth-order valence-electron chi connectivity index (χ4n) is 2.76. The molecule has 19 heavy (non-hydrogen) atoms. The Balaban J connectivity index is 1.94. The standard InChI is InChI=1S/C15H25N3O/c1-4-18-9-7-13(8-10-18)17(3)11-14-15(19)6-5-12(2)16-14/h5-6,13,19H,4,7-11H2,1-3H3. The minimum Gasteiger partial charge on any atom is -0.506 e. The van der Waals surface area contributed by atoms with E-state index in [1.165, 1.54) is 25.9 Å². The molecule has 0 aliphatic carbocycles. The summed E-state index contributed by atoms with van der Waals surface area (Å²) in [5.41, 5.74) is 1.75. The molecule has 0 radical (unpaired) electrons. The number of aromatic hydroxyl groups is 1. The van der Waals surface area contributed by atoms with E-state index >= 15 is 0 Å². The lowest BCUT2D eigenvalue weighted by atomic mass is 10.0. The number of pyridine rings is 1. The molecule has 0 bridgehead atoms. The fraction of sp³-hybridized carbons (Fsp3) is 0.667. The van der Waals surface area contributed by atoms with Gasteiger partial charge in [-0.3, -0.25) is 9.88 Å². The molecule has 1 aromatic heterocycles. The van der Waals surface area contributed by atoms with Crippen molar-refractivity contribution in [1.82, 2.24) is 14.8 Å². The predicted molar refractivity (Wildman–Crippen MR) is 77.2 cm³/mol. The molecule has 0 unspecified atom stereocenters. The second-order valence-corrected chi connectivity index (χ2v) is 5.50. The van der Waals surface area contributed by atoms with Crippen molar-refractivity contribution in [2.24, 2.45) is 0 Å². The lowest BCUT2D eigenvalue weighted by molar-refractivity contribution is 0.125. The Morgan fingerprint density at radius 2 is 2.05 bits per heavy atom. The first-order chi connectivity index (χ1) is 9.10. The molecule has 1 N–H and O–H groups in total. The highest BCUT2D eigenvalue weighted by Gasteiger charge is 2.22. The van der Waals surface area contributed by atoms with Crippen LogP contribution in [0.4, 0.5) is 0 Å². The normalized spacial score (nSPS) is 18.1. The van der Waals surface area contributed by atoms with Crippen LogP contribution in [0.3, 0.4) is 0 Å². The maximum Gasteiger partial charge on any atom is 0.138 e. The summed E-state index contributed by atoms with van der Waals surface area (Å²) in [4.78, 5) is 9.26. The molecule has 0 amide bonds. The molecule has 0 aromatic carbocycles. The summed E-state index contributed by atoms with van der Waals surface area (Å²) in [5, 5.41) is 9.86. The molecule has 4 nitrogen and oxygen atoms in total. The Kier molecular flexibility index (Phi) is 4.77. The van der Waals surface area contributed by atoms with Gasteiger partial charge < -0.3 is 10.0 Å². The zero-order chi connectivity index (χ0) is 13.8. The van der Waals surface area contributed by atoms with Crippen molar-refractivity contribution in [2.45, 2.75) is 39.3 Å². The molecule has 4 heteroatoms. The molecule has 0 spiro atoms. The summed E-state index contributed by atoms with van der Waals surface area (Å²) >= 11 is 0. The van der Waals surface area contributed by atoms with E-state index in [0.29, 0.717) is 11.8 Å². The van der Waals surface area contributed by atoms with Crippen LogP contribution in [0.25, 0.3) is 0 Å². The van der Waals surface area contributed by atoms with Crippen LogP contribution < -0.4 is 0 Å². The van der Waals surface area contributed by atoms with E-state index in [9.17, 15) is 5.11 Å². The molecule has 2 heterocycles. The van der Waals surface area contributed by atoms with Gasteiger partial charge in [0.05, 0.1) is 5.69 Å². The molecule has 0 atom stereocenters. The van der Waals surface area contributed by atoms with Gasteiger partial charge in [0.1, 0.15) is 5.75 Å². The molecule has 0 saturated carbocycles. The monoisotopic (exact) mass is 263 g/mol. The summed E-state index contributed by atoms with van der Waals surface area (Å²) < 4.78 is 0. The minimum atomic E-state index is 0.309. The zero-order valence-electron chi connectivity index (χ0n) is 12.3. The second kappa shape index (κ2) is 6.35. The molecule has 2 rings (SSSR count). The first kappa shape index (κ1) is 14.3. The quantitative estimate of drug-likeness (QED) is 0.902. The lowest BCUT2D eigenvalue weighted by Crippen LogP contribution is -2.43. The van der Waals surface area contributed by atoms with Gasteiger partial charge in [-0.2, -0.15) is 0 Å². The van der Waals surface area contributed by atoms with Crippen molar-refractivity contribution < 1.29 is 5.11 Å². The van der Waals surface area contributed by atoms with Gasteiger partial charge in [0.25, 0.3) is 0 Å². The van der Waals surface area contributed by atoms with Gasteiger partial charge in [0, 0.05) is 18.3 Å². The SMILES string of the molecule is CCN1CCC(N(C)Cc2nc(C)ccc2O)CC1. The Bertz CT molecular complexity index is 414. The summed E-state index contributed by atoms with van der Waals surface area (Å²) in [5.74, 6) is 0.309. The number of piperidine rings is 1. The van der Waals surface area contributed by atoms with E-state index in [1.54, 1.807) is 6.07 Å². The van der Waals surface area contributed by atoms with Crippen LogP contribution in [-0.4, -0.2) is 52.6 Å². The number of likely N-dealkylation sites (tertiary alicyclic amines) is 1. The van der Waals surface area contributed by atoms with Gasteiger partial charge in [-0.15, -0.1) is 0 Å². The second-order valence-electron chi connectivity index (χ2n) is 5.50. The maximum atomic E-state index is 9.86. The van der Waals surface area contributed by atoms with E-state index in [2.05, 4.69) is 28.8 Å². The third kappa shape index (κ3) is 3.67. The van der Waals surface area contributed by atoms with Crippen molar-refractivity contribution in [3.05, 3.63) is 23.5 Å². The summed E-state index contributed by atoms with van der Waals surface area (Å²) in [6.45, 7) is 8.42. The maximum absolute atomic E-state index is 9.86. The minimum absolute atomic E-state index is 0.309. The van der Waals surface area contributed by atoms with E-state index < -0.39 is 0 Å². The molecular weight excluding hydrogens is 238 g/mol. The fourth-order valence-corrected chi connectivity index (χ4v) is 2.76. The average Bonchev–Trinajstić information content (AvgIpc) is 2.43. The predicted octanol–water partition coefficient (Wildman–Crippen LogP) is 2.01. The van der Waals surface area contributed by atoms with E-state index in [1.807, 2.05) is 13.0 Å². The van der Waals surface area contributed by atoms with Crippen molar-refractivity contribution in [1.29, 1.82) is 0 Å². The molecule has 1 fully saturated rings. The van der Waals surface area contributed by atoms with E-state index in [4.69, 9.17) is 0 Å². The van der Waals surface area contributed by atoms with Crippen LogP contribution in [0.1, 0.15) is 31.2 Å². The number of aromatic nitrogens is 1. The Hall–Kier alpha value is -1.13. The van der Waals surface area contributed by atoms with Gasteiger partial charge in [-0.25, -0.2) is 0 Å². The number of rotatable bonds is 4. The summed E-state index contributed by atoms with van der Waals surface area (Å²) in [6.07, 6.45) is 2.41. The number of nitrogens with zero attached hydrogens (tertiary/aromatic N) is 3. The largest absolute Gasteiger partial charge is 0.506 e. The number of hydrogen-bond donors (Lipinski definition) is 1. The number of hydrogen-bond acceptors (Lipinski definition) is 4. The zero-order valence-corrected chi connectivity index (χ0v) is 12.3. The Morgan fingerprint density at radius 3 is 2.68 bits per heavy atom. The Morgan fingerprint density at radius 1 is 1.37 bits per heavy atom. The van der Waals surface area contributed by atoms with Gasteiger partial charge >= 0.3 is 0 Å². The highest BCUT2D eigenvalue weighted by molar-refractivity contribution is 5.27. The van der Waals surface area contributed by atoms with Gasteiger partial charge in [0.15, 0.2) is 0 Å². The molecular formula is C15H25N3O. The van der Waals surface area contributed by atoms with Gasteiger partial charge in [-0.05, 0) is 58.6 Å². The first-order valence-electron chi connectivity index (χ1n) is 7.18. The topological polar surface area (TPSA) is 39.6 Å². The molecule has 1 saturated heterocycles. The molecule has 1 aliphatic rings. The van der Waals surface area contributed by atoms with Crippen LogP contribution in [0.2, 0.25) is 0 Å². The summed E-state index contributed by atoms with van der Waals surface area (Å²) in [6, 6.07) is 4.19. The molecule has 106 valence electrons. The smallest absolute Gasteiger partial charge is 0.138 e. The van der Waals surface area contributed by atoms with Gasteiger partial charge in [0.2, 0.25) is 0 Å². The Labute approximate surface area is 116 Å². The van der Waals surface area contributed by atoms with Gasteiger partial charge in [-0.1, -0.05) is 6.92 Å². The average molecular weight is 263 g/mol. The first-order valence-corrected chi connectivity index (χ1v) is 7.18. The van der Waals surface area contributed by atoms with Crippen LogP contribution in [0.5, 0.6) is 5.75 Å².